The van der Waals surface area contributed by atoms with Crippen molar-refractivity contribution in [3.8, 4) is 11.5 Å². The number of nitrogen functional groups attached to an aromatic ring is 1. The van der Waals surface area contributed by atoms with Crippen molar-refractivity contribution >= 4 is 46.0 Å². The number of fused-ring (bicyclic) bond motifs is 2. The van der Waals surface area contributed by atoms with Gasteiger partial charge >= 0.3 is 5.97 Å². The lowest BCUT2D eigenvalue weighted by molar-refractivity contribution is -0.146. The molecular weight excluding hydrogens is 546 g/mol. The van der Waals surface area contributed by atoms with E-state index in [-0.39, 0.29) is 29.8 Å². The molecule has 214 valence electrons. The minimum absolute atomic E-state index is 0.0878. The molecule has 2 aliphatic rings. The molecule has 0 spiro atoms. The van der Waals surface area contributed by atoms with Crippen LogP contribution in [0.15, 0.2) is 28.9 Å². The van der Waals surface area contributed by atoms with Gasteiger partial charge < -0.3 is 20.6 Å². The van der Waals surface area contributed by atoms with Crippen LogP contribution in [-0.4, -0.2) is 41.7 Å². The van der Waals surface area contributed by atoms with Gasteiger partial charge in [-0.1, -0.05) is 30.9 Å². The van der Waals surface area contributed by atoms with E-state index >= 15 is 0 Å². The summed E-state index contributed by atoms with van der Waals surface area (Å²) in [6, 6.07) is 5.61. The Hall–Kier alpha value is -3.99. The van der Waals surface area contributed by atoms with Crippen LogP contribution in [0.25, 0.3) is 22.4 Å². The molecule has 6 rings (SSSR count). The van der Waals surface area contributed by atoms with E-state index in [1.165, 1.54) is 38.4 Å². The Morgan fingerprint density at radius 3 is 2.73 bits per heavy atom. The van der Waals surface area contributed by atoms with Crippen molar-refractivity contribution in [1.82, 2.24) is 24.7 Å². The number of anilines is 2. The number of carboxylic acid groups (broad SMARTS) is 1. The Kier molecular flexibility index (Phi) is 6.52. The molecule has 0 saturated heterocycles. The Balaban J connectivity index is 1.39. The molecule has 1 saturated carbocycles. The lowest BCUT2D eigenvalue weighted by atomic mass is 9.84. The molecule has 1 aliphatic carbocycles. The van der Waals surface area contributed by atoms with Crippen molar-refractivity contribution in [2.24, 2.45) is 11.3 Å². The number of oxazole rings is 1. The predicted molar refractivity (Wildman–Crippen MR) is 153 cm³/mol. The number of carboxylic acids is 1. The van der Waals surface area contributed by atoms with E-state index in [1.807, 2.05) is 16.8 Å². The zero-order valence-corrected chi connectivity index (χ0v) is 24.0. The third kappa shape index (κ3) is 4.61. The van der Waals surface area contributed by atoms with E-state index in [4.69, 9.17) is 31.8 Å². The summed E-state index contributed by atoms with van der Waals surface area (Å²) in [6.45, 7) is 5.62. The summed E-state index contributed by atoms with van der Waals surface area (Å²) < 4.78 is 7.70. The zero-order chi connectivity index (χ0) is 29.1. The summed E-state index contributed by atoms with van der Waals surface area (Å²) >= 11 is 6.37. The molecule has 1 aromatic carbocycles. The summed E-state index contributed by atoms with van der Waals surface area (Å²) in [6.07, 6.45) is 7.56. The van der Waals surface area contributed by atoms with E-state index in [0.717, 1.165) is 17.4 Å². The van der Waals surface area contributed by atoms with Gasteiger partial charge in [0.15, 0.2) is 11.2 Å². The van der Waals surface area contributed by atoms with Gasteiger partial charge in [0.25, 0.3) is 0 Å². The monoisotopic (exact) mass is 577 g/mol. The highest BCUT2D eigenvalue weighted by atomic mass is 35.5. The average molecular weight is 578 g/mol. The largest absolute Gasteiger partial charge is 0.481 e. The van der Waals surface area contributed by atoms with Crippen LogP contribution in [0.4, 0.5) is 11.6 Å². The number of hydrogen-bond donors (Lipinski definition) is 3. The summed E-state index contributed by atoms with van der Waals surface area (Å²) in [5.41, 5.74) is 6.27. The van der Waals surface area contributed by atoms with Gasteiger partial charge in [0.05, 0.1) is 22.2 Å². The first-order valence-electron chi connectivity index (χ1n) is 13.8. The fourth-order valence-corrected chi connectivity index (χ4v) is 6.10. The summed E-state index contributed by atoms with van der Waals surface area (Å²) in [5.74, 6) is -0.109. The van der Waals surface area contributed by atoms with Crippen LogP contribution in [0.2, 0.25) is 5.02 Å². The van der Waals surface area contributed by atoms with Crippen LogP contribution >= 0.6 is 11.6 Å². The summed E-state index contributed by atoms with van der Waals surface area (Å²) in [5, 5.41) is 18.7. The van der Waals surface area contributed by atoms with Gasteiger partial charge in [-0.15, -0.1) is 0 Å². The second-order valence-electron chi connectivity index (χ2n) is 11.9. The van der Waals surface area contributed by atoms with Gasteiger partial charge in [-0.2, -0.15) is 5.10 Å². The number of rotatable bonds is 7. The Labute approximate surface area is 241 Å². The number of nitrogens with one attached hydrogen (secondary N) is 1. The average Bonchev–Trinajstić information content (AvgIpc) is 3.60. The maximum Gasteiger partial charge on any atom is 0.309 e. The van der Waals surface area contributed by atoms with Crippen molar-refractivity contribution in [2.45, 2.75) is 71.3 Å². The molecule has 1 unspecified atom stereocenters. The highest BCUT2D eigenvalue weighted by Crippen LogP contribution is 2.45. The number of carbonyl (C=O) groups excluding carboxylic acids is 1. The van der Waals surface area contributed by atoms with Crippen LogP contribution in [0, 0.1) is 11.3 Å². The molecule has 4 heterocycles. The Bertz CT molecular complexity index is 1690. The predicted octanol–water partition coefficient (Wildman–Crippen LogP) is 5.21. The topological polar surface area (TPSA) is 162 Å². The number of nitrogens with two attached hydrogens (primary N) is 1. The van der Waals surface area contributed by atoms with Crippen LogP contribution in [-0.2, 0) is 28.0 Å². The molecule has 11 nitrogen and oxygen atoms in total. The smallest absolute Gasteiger partial charge is 0.309 e. The lowest BCUT2D eigenvalue weighted by Crippen LogP contribution is -2.33. The van der Waals surface area contributed by atoms with Gasteiger partial charge in [0.2, 0.25) is 11.8 Å². The van der Waals surface area contributed by atoms with Crippen LogP contribution in [0.3, 0.4) is 0 Å². The van der Waals surface area contributed by atoms with Crippen molar-refractivity contribution in [2.75, 3.05) is 11.1 Å². The van der Waals surface area contributed by atoms with E-state index in [1.54, 1.807) is 26.8 Å². The third-order valence-corrected chi connectivity index (χ3v) is 8.62. The van der Waals surface area contributed by atoms with Crippen LogP contribution in [0.5, 0.6) is 0 Å². The second kappa shape index (κ2) is 9.83. The Morgan fingerprint density at radius 1 is 1.24 bits per heavy atom. The quantitative estimate of drug-likeness (QED) is 0.267. The fraction of sp³-hybridized carbons (Fsp3) is 0.448. The number of halogens is 1. The highest BCUT2D eigenvalue weighted by Gasteiger charge is 2.51. The zero-order valence-electron chi connectivity index (χ0n) is 23.2. The van der Waals surface area contributed by atoms with E-state index in [9.17, 15) is 14.7 Å². The number of nitrogens with zero attached hydrogens (tertiary/aromatic N) is 5. The van der Waals surface area contributed by atoms with Gasteiger partial charge in [-0.3, -0.25) is 14.3 Å². The molecule has 1 fully saturated rings. The first kappa shape index (κ1) is 27.2. The van der Waals surface area contributed by atoms with Crippen LogP contribution < -0.4 is 11.1 Å². The molecule has 4 aromatic rings. The molecule has 1 amide bonds. The first-order chi connectivity index (χ1) is 19.5. The number of benzene rings is 1. The van der Waals surface area contributed by atoms with E-state index in [2.05, 4.69) is 15.3 Å². The molecule has 41 heavy (non-hydrogen) atoms. The molecule has 0 bridgehead atoms. The van der Waals surface area contributed by atoms with Gasteiger partial charge in [-0.25, -0.2) is 15.0 Å². The second-order valence-corrected chi connectivity index (χ2v) is 12.4. The van der Waals surface area contributed by atoms with Crippen LogP contribution in [0.1, 0.15) is 70.0 Å². The highest BCUT2D eigenvalue weighted by molar-refractivity contribution is 6.31. The van der Waals surface area contributed by atoms with Crippen molar-refractivity contribution in [3.05, 3.63) is 46.6 Å². The minimum atomic E-state index is -1.40. The molecule has 12 heteroatoms. The van der Waals surface area contributed by atoms with Gasteiger partial charge in [0, 0.05) is 23.4 Å². The molecule has 0 radical (unpaired) electrons. The minimum Gasteiger partial charge on any atom is -0.481 e. The third-order valence-electron chi connectivity index (χ3n) is 8.39. The number of aromatic nitrogens is 5. The molecule has 4 N–H and O–H groups in total. The fourth-order valence-electron chi connectivity index (χ4n) is 5.93. The van der Waals surface area contributed by atoms with E-state index in [0.29, 0.717) is 27.9 Å². The molecular formula is C29H32ClN7O4. The number of carbonyl (C=O) groups is 2. The van der Waals surface area contributed by atoms with E-state index < -0.39 is 22.7 Å². The summed E-state index contributed by atoms with van der Waals surface area (Å²) in [4.78, 5) is 38.8. The van der Waals surface area contributed by atoms with Crippen molar-refractivity contribution in [3.63, 3.8) is 0 Å². The standard InChI is InChI=1S/C29H32ClN7O4/c1-28(2,27(39)40)12-17-14-41-26(32-17)29(3)20-22(31)33-24(34-23(20)35-25(29)38)21-18-10-9-16(30)11-19(18)37(36-21)13-15-7-5-4-6-8-15/h9-11,14-15H,4-8,12-13H2,1-3H3,(H,39,40)(H3,31,33,34,35,38). The number of aliphatic carboxylic acids is 1. The molecule has 1 aliphatic heterocycles. The maximum atomic E-state index is 13.4. The molecule has 3 aromatic heterocycles. The maximum absolute atomic E-state index is 13.4. The molecule has 1 atom stereocenters. The normalized spacial score (nSPS) is 19.5. The Morgan fingerprint density at radius 2 is 2.00 bits per heavy atom. The number of amides is 1. The van der Waals surface area contributed by atoms with Crippen molar-refractivity contribution < 1.29 is 19.1 Å². The SMILES string of the molecule is CC(C)(Cc1coc(C2(C)C(=O)Nc3nc(-c4nn(CC5CCCCC5)c5cc(Cl)ccc45)nc(N)c32)n1)C(=O)O. The van der Waals surface area contributed by atoms with Crippen molar-refractivity contribution in [1.29, 1.82) is 0 Å². The first-order valence-corrected chi connectivity index (χ1v) is 14.2. The van der Waals surface area contributed by atoms with Gasteiger partial charge in [-0.05, 0) is 57.7 Å². The number of hydrogen-bond acceptors (Lipinski definition) is 8. The van der Waals surface area contributed by atoms with Gasteiger partial charge in [0.1, 0.15) is 23.6 Å². The summed E-state index contributed by atoms with van der Waals surface area (Å²) in [7, 11) is 0. The lowest BCUT2D eigenvalue weighted by Gasteiger charge is -2.21.